The number of hydrogen-bond donors (Lipinski definition) is 1. The highest BCUT2D eigenvalue weighted by molar-refractivity contribution is 5.76. The SMILES string of the molecule is O=C(CCC1CCCNC1)N1CCC(N2CCOCC2)C1. The maximum Gasteiger partial charge on any atom is 0.222 e. The predicted octanol–water partition coefficient (Wildman–Crippen LogP) is 0.699. The Morgan fingerprint density at radius 3 is 2.81 bits per heavy atom. The third-order valence-corrected chi connectivity index (χ3v) is 5.24. The molecule has 3 rings (SSSR count). The number of likely N-dealkylation sites (tertiary alicyclic amines) is 1. The molecule has 5 nitrogen and oxygen atoms in total. The molecular formula is C16H29N3O2. The fourth-order valence-corrected chi connectivity index (χ4v) is 3.87. The molecule has 3 heterocycles. The topological polar surface area (TPSA) is 44.8 Å². The summed E-state index contributed by atoms with van der Waals surface area (Å²) in [5.74, 6) is 1.08. The van der Waals surface area contributed by atoms with E-state index in [-0.39, 0.29) is 0 Å². The van der Waals surface area contributed by atoms with Crippen molar-refractivity contribution < 1.29 is 9.53 Å². The van der Waals surface area contributed by atoms with Crippen LogP contribution in [-0.2, 0) is 9.53 Å². The fraction of sp³-hybridized carbons (Fsp3) is 0.938. The molecule has 0 aromatic rings. The molecule has 2 unspecified atom stereocenters. The van der Waals surface area contributed by atoms with Crippen LogP contribution in [0.25, 0.3) is 0 Å². The van der Waals surface area contributed by atoms with Crippen molar-refractivity contribution in [3.63, 3.8) is 0 Å². The third kappa shape index (κ3) is 4.18. The molecule has 0 aromatic heterocycles. The fourth-order valence-electron chi connectivity index (χ4n) is 3.87. The molecule has 1 amide bonds. The molecule has 1 N–H and O–H groups in total. The van der Waals surface area contributed by atoms with Crippen LogP contribution in [0, 0.1) is 5.92 Å². The van der Waals surface area contributed by atoms with Gasteiger partial charge in [-0.15, -0.1) is 0 Å². The van der Waals surface area contributed by atoms with E-state index >= 15 is 0 Å². The Morgan fingerprint density at radius 1 is 1.19 bits per heavy atom. The molecule has 2 atom stereocenters. The summed E-state index contributed by atoms with van der Waals surface area (Å²) in [6.45, 7) is 7.88. The summed E-state index contributed by atoms with van der Waals surface area (Å²) in [5, 5.41) is 3.43. The van der Waals surface area contributed by atoms with Crippen LogP contribution in [0.5, 0.6) is 0 Å². The minimum absolute atomic E-state index is 0.372. The molecular weight excluding hydrogens is 266 g/mol. The predicted molar refractivity (Wildman–Crippen MR) is 82.2 cm³/mol. The quantitative estimate of drug-likeness (QED) is 0.829. The molecule has 0 aliphatic carbocycles. The summed E-state index contributed by atoms with van der Waals surface area (Å²) in [5.41, 5.74) is 0. The lowest BCUT2D eigenvalue weighted by atomic mass is 9.94. The van der Waals surface area contributed by atoms with Gasteiger partial charge in [-0.05, 0) is 44.7 Å². The van der Waals surface area contributed by atoms with Crippen LogP contribution in [0.1, 0.15) is 32.1 Å². The van der Waals surface area contributed by atoms with Crippen LogP contribution in [0.15, 0.2) is 0 Å². The molecule has 3 fully saturated rings. The Morgan fingerprint density at radius 2 is 2.05 bits per heavy atom. The number of amides is 1. The molecule has 3 aliphatic rings. The Labute approximate surface area is 128 Å². The Kier molecular flexibility index (Phi) is 5.49. The summed E-state index contributed by atoms with van der Waals surface area (Å²) >= 11 is 0. The number of carbonyl (C=O) groups is 1. The molecule has 0 saturated carbocycles. The highest BCUT2D eigenvalue weighted by Gasteiger charge is 2.31. The number of ether oxygens (including phenoxy) is 1. The smallest absolute Gasteiger partial charge is 0.222 e. The first-order valence-electron chi connectivity index (χ1n) is 8.63. The highest BCUT2D eigenvalue weighted by atomic mass is 16.5. The van der Waals surface area contributed by atoms with Gasteiger partial charge in [0.1, 0.15) is 0 Å². The lowest BCUT2D eigenvalue weighted by molar-refractivity contribution is -0.130. The van der Waals surface area contributed by atoms with E-state index < -0.39 is 0 Å². The lowest BCUT2D eigenvalue weighted by Gasteiger charge is -2.32. The standard InChI is InChI=1S/C16H29N3O2/c20-16(4-3-14-2-1-6-17-12-14)19-7-5-15(13-19)18-8-10-21-11-9-18/h14-15,17H,1-13H2. The first-order chi connectivity index (χ1) is 10.3. The van der Waals surface area contributed by atoms with Gasteiger partial charge in [0.25, 0.3) is 0 Å². The summed E-state index contributed by atoms with van der Waals surface area (Å²) in [4.78, 5) is 17.0. The van der Waals surface area contributed by atoms with Gasteiger partial charge < -0.3 is 15.0 Å². The minimum atomic E-state index is 0.372. The number of carbonyl (C=O) groups excluding carboxylic acids is 1. The minimum Gasteiger partial charge on any atom is -0.379 e. The normalized spacial score (nSPS) is 31.5. The second-order valence-electron chi connectivity index (χ2n) is 6.68. The van der Waals surface area contributed by atoms with Gasteiger partial charge in [0, 0.05) is 38.6 Å². The van der Waals surface area contributed by atoms with Crippen molar-refractivity contribution in [1.29, 1.82) is 0 Å². The summed E-state index contributed by atoms with van der Waals surface area (Å²) in [6, 6.07) is 0.564. The van der Waals surface area contributed by atoms with Gasteiger partial charge in [-0.25, -0.2) is 0 Å². The Bertz CT molecular complexity index is 338. The zero-order valence-electron chi connectivity index (χ0n) is 13.1. The van der Waals surface area contributed by atoms with Gasteiger partial charge >= 0.3 is 0 Å². The van der Waals surface area contributed by atoms with Gasteiger partial charge in [0.05, 0.1) is 13.2 Å². The van der Waals surface area contributed by atoms with Crippen molar-refractivity contribution in [2.45, 2.75) is 38.1 Å². The van der Waals surface area contributed by atoms with Gasteiger partial charge in [0.2, 0.25) is 5.91 Å². The molecule has 0 spiro atoms. The van der Waals surface area contributed by atoms with E-state index in [0.29, 0.717) is 17.9 Å². The number of nitrogens with one attached hydrogen (secondary N) is 1. The molecule has 21 heavy (non-hydrogen) atoms. The zero-order valence-corrected chi connectivity index (χ0v) is 13.1. The van der Waals surface area contributed by atoms with Gasteiger partial charge in [0.15, 0.2) is 0 Å². The van der Waals surface area contributed by atoms with Crippen molar-refractivity contribution in [2.24, 2.45) is 5.92 Å². The summed E-state index contributed by atoms with van der Waals surface area (Å²) in [7, 11) is 0. The zero-order chi connectivity index (χ0) is 14.5. The molecule has 5 heteroatoms. The average Bonchev–Trinajstić information content (AvgIpc) is 3.04. The monoisotopic (exact) mass is 295 g/mol. The van der Waals surface area contributed by atoms with Crippen molar-refractivity contribution in [2.75, 3.05) is 52.5 Å². The number of hydrogen-bond acceptors (Lipinski definition) is 4. The van der Waals surface area contributed by atoms with Crippen LogP contribution >= 0.6 is 0 Å². The van der Waals surface area contributed by atoms with Gasteiger partial charge in [-0.3, -0.25) is 9.69 Å². The van der Waals surface area contributed by atoms with Crippen molar-refractivity contribution in [1.82, 2.24) is 15.1 Å². The van der Waals surface area contributed by atoms with E-state index in [1.165, 1.54) is 12.8 Å². The number of rotatable bonds is 4. The number of piperidine rings is 1. The molecule has 3 saturated heterocycles. The Balaban J connectivity index is 1.39. The van der Waals surface area contributed by atoms with E-state index in [0.717, 1.165) is 71.7 Å². The number of nitrogens with zero attached hydrogens (tertiary/aromatic N) is 2. The molecule has 3 aliphatic heterocycles. The van der Waals surface area contributed by atoms with Crippen LogP contribution in [0.4, 0.5) is 0 Å². The second-order valence-corrected chi connectivity index (χ2v) is 6.68. The second kappa shape index (κ2) is 7.56. The van der Waals surface area contributed by atoms with E-state index in [4.69, 9.17) is 4.74 Å². The maximum absolute atomic E-state index is 12.4. The van der Waals surface area contributed by atoms with Crippen LogP contribution in [0.3, 0.4) is 0 Å². The van der Waals surface area contributed by atoms with E-state index in [9.17, 15) is 4.79 Å². The molecule has 0 bridgehead atoms. The molecule has 120 valence electrons. The lowest BCUT2D eigenvalue weighted by Crippen LogP contribution is -2.45. The van der Waals surface area contributed by atoms with E-state index in [1.54, 1.807) is 0 Å². The first-order valence-corrected chi connectivity index (χ1v) is 8.63. The van der Waals surface area contributed by atoms with Crippen LogP contribution in [-0.4, -0.2) is 74.2 Å². The van der Waals surface area contributed by atoms with E-state index in [1.807, 2.05) is 0 Å². The first kappa shape index (κ1) is 15.3. The van der Waals surface area contributed by atoms with Crippen LogP contribution < -0.4 is 5.32 Å². The number of morpholine rings is 1. The van der Waals surface area contributed by atoms with Crippen molar-refractivity contribution in [3.8, 4) is 0 Å². The summed E-state index contributed by atoms with van der Waals surface area (Å²) < 4.78 is 5.41. The van der Waals surface area contributed by atoms with Gasteiger partial charge in [-0.1, -0.05) is 0 Å². The van der Waals surface area contributed by atoms with Gasteiger partial charge in [-0.2, -0.15) is 0 Å². The largest absolute Gasteiger partial charge is 0.379 e. The highest BCUT2D eigenvalue weighted by Crippen LogP contribution is 2.20. The Hall–Kier alpha value is -0.650. The van der Waals surface area contributed by atoms with Crippen LogP contribution in [0.2, 0.25) is 0 Å². The third-order valence-electron chi connectivity index (χ3n) is 5.24. The maximum atomic E-state index is 12.4. The summed E-state index contributed by atoms with van der Waals surface area (Å²) in [6.07, 6.45) is 5.49. The van der Waals surface area contributed by atoms with E-state index in [2.05, 4.69) is 15.1 Å². The molecule has 0 aromatic carbocycles. The van der Waals surface area contributed by atoms with Crippen molar-refractivity contribution >= 4 is 5.91 Å². The molecule has 0 radical (unpaired) electrons. The average molecular weight is 295 g/mol. The van der Waals surface area contributed by atoms with Crippen molar-refractivity contribution in [3.05, 3.63) is 0 Å².